The molecule has 0 unspecified atom stereocenters. The molecule has 3 rings (SSSR count). The Labute approximate surface area is 173 Å². The number of amides is 2. The number of nitrogens with zero attached hydrogens (tertiary/aromatic N) is 1. The minimum absolute atomic E-state index is 0.137. The van der Waals surface area contributed by atoms with Gasteiger partial charge in [0, 0.05) is 22.6 Å². The van der Waals surface area contributed by atoms with Crippen molar-refractivity contribution in [1.82, 2.24) is 4.90 Å². The Morgan fingerprint density at radius 1 is 1.00 bits per heavy atom. The molecule has 1 aliphatic rings. The molecule has 1 fully saturated rings. The number of piperidine rings is 1. The van der Waals surface area contributed by atoms with Crippen LogP contribution in [0.4, 0.5) is 5.69 Å². The predicted molar refractivity (Wildman–Crippen MR) is 110 cm³/mol. The van der Waals surface area contributed by atoms with Gasteiger partial charge in [-0.05, 0) is 62.6 Å². The maximum absolute atomic E-state index is 13.1. The summed E-state index contributed by atoms with van der Waals surface area (Å²) in [6.45, 7) is 2.73. The molecule has 0 spiro atoms. The summed E-state index contributed by atoms with van der Waals surface area (Å²) in [7, 11) is 0. The highest BCUT2D eigenvalue weighted by Gasteiger charge is 2.26. The predicted octanol–water partition coefficient (Wildman–Crippen LogP) is 5.91. The number of nitrogens with one attached hydrogen (secondary N) is 1. The molecule has 0 bridgehead atoms. The van der Waals surface area contributed by atoms with E-state index in [9.17, 15) is 9.59 Å². The molecule has 0 saturated carbocycles. The molecule has 27 heavy (non-hydrogen) atoms. The van der Waals surface area contributed by atoms with E-state index in [2.05, 4.69) is 5.32 Å². The van der Waals surface area contributed by atoms with E-state index in [1.54, 1.807) is 30.3 Å². The van der Waals surface area contributed by atoms with Crippen LogP contribution in [0.3, 0.4) is 0 Å². The lowest BCUT2D eigenvalue weighted by Crippen LogP contribution is -2.42. The number of hydrogen-bond acceptors (Lipinski definition) is 2. The Morgan fingerprint density at radius 3 is 2.41 bits per heavy atom. The summed E-state index contributed by atoms with van der Waals surface area (Å²) < 4.78 is 0. The number of carbonyl (C=O) groups is 2. The van der Waals surface area contributed by atoms with Crippen LogP contribution in [-0.2, 0) is 0 Å². The number of benzene rings is 2. The van der Waals surface area contributed by atoms with Gasteiger partial charge in [-0.15, -0.1) is 0 Å². The van der Waals surface area contributed by atoms with Crippen molar-refractivity contribution in [3.05, 3.63) is 62.6 Å². The molecule has 1 aliphatic heterocycles. The van der Waals surface area contributed by atoms with Crippen LogP contribution in [0.5, 0.6) is 0 Å². The zero-order valence-corrected chi connectivity index (χ0v) is 17.0. The molecule has 7 heteroatoms. The van der Waals surface area contributed by atoms with Crippen LogP contribution in [0.25, 0.3) is 0 Å². The van der Waals surface area contributed by atoms with E-state index >= 15 is 0 Å². The van der Waals surface area contributed by atoms with Gasteiger partial charge in [-0.1, -0.05) is 34.8 Å². The maximum atomic E-state index is 13.1. The number of likely N-dealkylation sites (tertiary alicyclic amines) is 1. The maximum Gasteiger partial charge on any atom is 0.257 e. The van der Waals surface area contributed by atoms with Crippen LogP contribution in [0, 0.1) is 0 Å². The Kier molecular flexibility index (Phi) is 6.30. The summed E-state index contributed by atoms with van der Waals surface area (Å²) in [6, 6.07) is 9.64. The summed E-state index contributed by atoms with van der Waals surface area (Å²) in [5, 5.41) is 3.90. The van der Waals surface area contributed by atoms with Gasteiger partial charge in [0.2, 0.25) is 0 Å². The largest absolute Gasteiger partial charge is 0.336 e. The van der Waals surface area contributed by atoms with Gasteiger partial charge in [0.15, 0.2) is 0 Å². The SMILES string of the molecule is C[C@H]1CCCCN1C(=O)c1cc(Cl)ccc1NC(=O)c1ccc(Cl)cc1Cl. The van der Waals surface area contributed by atoms with Crippen LogP contribution in [0.1, 0.15) is 46.9 Å². The first-order valence-electron chi connectivity index (χ1n) is 8.73. The second kappa shape index (κ2) is 8.51. The van der Waals surface area contributed by atoms with Crippen molar-refractivity contribution >= 4 is 52.3 Å². The van der Waals surface area contributed by atoms with Gasteiger partial charge in [-0.25, -0.2) is 0 Å². The van der Waals surface area contributed by atoms with Crippen molar-refractivity contribution in [3.63, 3.8) is 0 Å². The van der Waals surface area contributed by atoms with Gasteiger partial charge in [-0.3, -0.25) is 9.59 Å². The van der Waals surface area contributed by atoms with Crippen molar-refractivity contribution in [3.8, 4) is 0 Å². The Morgan fingerprint density at radius 2 is 1.70 bits per heavy atom. The van der Waals surface area contributed by atoms with Crippen molar-refractivity contribution < 1.29 is 9.59 Å². The Bertz CT molecular complexity index is 886. The third kappa shape index (κ3) is 4.57. The molecule has 0 aliphatic carbocycles. The summed E-state index contributed by atoms with van der Waals surface area (Å²) in [5.41, 5.74) is 1.05. The molecule has 1 saturated heterocycles. The topological polar surface area (TPSA) is 49.4 Å². The molecular weight excluding hydrogens is 407 g/mol. The highest BCUT2D eigenvalue weighted by Crippen LogP contribution is 2.27. The standard InChI is InChI=1S/C20H19Cl3N2O2/c1-12-4-2-3-9-25(12)20(27)16-10-13(21)6-8-18(16)24-19(26)15-7-5-14(22)11-17(15)23/h5-8,10-12H,2-4,9H2,1H3,(H,24,26)/t12-/m0/s1. The fraction of sp³-hybridized carbons (Fsp3) is 0.300. The normalized spacial score (nSPS) is 16.9. The van der Waals surface area contributed by atoms with Crippen molar-refractivity contribution in [1.29, 1.82) is 0 Å². The molecule has 0 radical (unpaired) electrons. The van der Waals surface area contributed by atoms with Crippen LogP contribution in [0.15, 0.2) is 36.4 Å². The first-order chi connectivity index (χ1) is 12.9. The summed E-state index contributed by atoms with van der Waals surface area (Å²) in [5.74, 6) is -0.554. The second-order valence-electron chi connectivity index (χ2n) is 6.61. The minimum atomic E-state index is -0.417. The van der Waals surface area contributed by atoms with E-state index < -0.39 is 5.91 Å². The molecule has 1 N–H and O–H groups in total. The third-order valence-electron chi connectivity index (χ3n) is 4.70. The first-order valence-corrected chi connectivity index (χ1v) is 9.87. The Balaban J connectivity index is 1.89. The smallest absolute Gasteiger partial charge is 0.257 e. The van der Waals surface area contributed by atoms with Gasteiger partial charge in [0.05, 0.1) is 21.8 Å². The van der Waals surface area contributed by atoms with E-state index in [-0.39, 0.29) is 22.5 Å². The van der Waals surface area contributed by atoms with Gasteiger partial charge in [0.1, 0.15) is 0 Å². The molecule has 4 nitrogen and oxygen atoms in total. The molecule has 1 atom stereocenters. The third-order valence-corrected chi connectivity index (χ3v) is 5.48. The van der Waals surface area contributed by atoms with Crippen LogP contribution in [0.2, 0.25) is 15.1 Å². The van der Waals surface area contributed by atoms with Crippen molar-refractivity contribution in [2.75, 3.05) is 11.9 Å². The lowest BCUT2D eigenvalue weighted by atomic mass is 10.0. The summed E-state index contributed by atoms with van der Waals surface area (Å²) in [6.07, 6.45) is 3.05. The fourth-order valence-corrected chi connectivity index (χ4v) is 3.89. The number of carbonyl (C=O) groups excluding carboxylic acids is 2. The zero-order valence-electron chi connectivity index (χ0n) is 14.8. The van der Waals surface area contributed by atoms with Gasteiger partial charge < -0.3 is 10.2 Å². The second-order valence-corrected chi connectivity index (χ2v) is 7.89. The number of hydrogen-bond donors (Lipinski definition) is 1. The van der Waals surface area contributed by atoms with Crippen molar-refractivity contribution in [2.24, 2.45) is 0 Å². The fourth-order valence-electron chi connectivity index (χ4n) is 3.22. The van der Waals surface area contributed by atoms with Gasteiger partial charge in [-0.2, -0.15) is 0 Å². The molecule has 2 amide bonds. The molecule has 142 valence electrons. The van der Waals surface area contributed by atoms with E-state index in [4.69, 9.17) is 34.8 Å². The van der Waals surface area contributed by atoms with Gasteiger partial charge >= 0.3 is 0 Å². The molecule has 2 aromatic rings. The molecule has 1 heterocycles. The van der Waals surface area contributed by atoms with E-state index in [1.165, 1.54) is 6.07 Å². The van der Waals surface area contributed by atoms with Gasteiger partial charge in [0.25, 0.3) is 11.8 Å². The molecule has 0 aromatic heterocycles. The number of rotatable bonds is 3. The zero-order chi connectivity index (χ0) is 19.6. The quantitative estimate of drug-likeness (QED) is 0.664. The monoisotopic (exact) mass is 424 g/mol. The van der Waals surface area contributed by atoms with E-state index in [0.717, 1.165) is 19.3 Å². The average molecular weight is 426 g/mol. The number of anilines is 1. The van der Waals surface area contributed by atoms with Crippen LogP contribution < -0.4 is 5.32 Å². The van der Waals surface area contributed by atoms with Crippen molar-refractivity contribution in [2.45, 2.75) is 32.2 Å². The van der Waals surface area contributed by atoms with E-state index in [0.29, 0.717) is 27.8 Å². The summed E-state index contributed by atoms with van der Waals surface area (Å²) in [4.78, 5) is 27.6. The van der Waals surface area contributed by atoms with Crippen LogP contribution in [-0.4, -0.2) is 29.3 Å². The first kappa shape index (κ1) is 20.0. The summed E-state index contributed by atoms with van der Waals surface area (Å²) >= 11 is 18.1. The Hall–Kier alpha value is -1.75. The van der Waals surface area contributed by atoms with Crippen LogP contribution >= 0.6 is 34.8 Å². The highest BCUT2D eigenvalue weighted by molar-refractivity contribution is 6.37. The molecular formula is C20H19Cl3N2O2. The van der Waals surface area contributed by atoms with E-state index in [1.807, 2.05) is 11.8 Å². The lowest BCUT2D eigenvalue weighted by Gasteiger charge is -2.34. The highest BCUT2D eigenvalue weighted by atomic mass is 35.5. The molecule has 2 aromatic carbocycles. The average Bonchev–Trinajstić information content (AvgIpc) is 2.63. The lowest BCUT2D eigenvalue weighted by molar-refractivity contribution is 0.0636. The number of halogens is 3. The minimum Gasteiger partial charge on any atom is -0.336 e.